The van der Waals surface area contributed by atoms with Gasteiger partial charge in [-0.3, -0.25) is 4.99 Å². The first kappa shape index (κ1) is 24.7. The van der Waals surface area contributed by atoms with Crippen molar-refractivity contribution in [1.29, 1.82) is 0 Å². The molecule has 0 aliphatic carbocycles. The molecule has 1 radical (unpaired) electrons. The van der Waals surface area contributed by atoms with Gasteiger partial charge in [-0.05, 0) is 72.5 Å². The lowest BCUT2D eigenvalue weighted by molar-refractivity contribution is -0.241. The summed E-state index contributed by atoms with van der Waals surface area (Å²) in [7, 11) is -1.21. The van der Waals surface area contributed by atoms with E-state index in [0.29, 0.717) is 6.54 Å². The minimum absolute atomic E-state index is 0.595. The molecule has 6 heteroatoms. The van der Waals surface area contributed by atoms with Crippen LogP contribution in [0, 0.1) is 0 Å². The topological polar surface area (TPSA) is 59.9 Å². The van der Waals surface area contributed by atoms with E-state index in [2.05, 4.69) is 26.1 Å². The van der Waals surface area contributed by atoms with Gasteiger partial charge in [0.2, 0.25) is 0 Å². The first-order valence-electron chi connectivity index (χ1n) is 11.0. The van der Waals surface area contributed by atoms with Crippen molar-refractivity contribution in [3.8, 4) is 0 Å². The highest BCUT2D eigenvalue weighted by molar-refractivity contribution is 7.66. The van der Waals surface area contributed by atoms with E-state index in [4.69, 9.17) is 9.74 Å². The Morgan fingerprint density at radius 2 is 1.37 bits per heavy atom. The van der Waals surface area contributed by atoms with Gasteiger partial charge in [-0.2, -0.15) is 0 Å². The highest BCUT2D eigenvalue weighted by Gasteiger charge is 2.50. The van der Waals surface area contributed by atoms with E-state index in [1.54, 1.807) is 0 Å². The number of rotatable bonds is 12. The number of nitrogens with one attached hydrogen (secondary N) is 1. The van der Waals surface area contributed by atoms with Gasteiger partial charge in [-0.15, -0.1) is 10.3 Å². The molecule has 0 aromatic heterocycles. The van der Waals surface area contributed by atoms with Gasteiger partial charge in [0.15, 0.2) is 0 Å². The SMILES string of the molecule is CCCCP(CCCC)(CCCC)=NCCN=C1NC(C)(C)N([O])C1(C)C. The third kappa shape index (κ3) is 6.87. The molecule has 1 aliphatic heterocycles. The van der Waals surface area contributed by atoms with Gasteiger partial charge >= 0.3 is 0 Å². The zero-order chi connectivity index (χ0) is 20.6. The maximum Gasteiger partial charge on any atom is 0.121 e. The summed E-state index contributed by atoms with van der Waals surface area (Å²) in [5.41, 5.74) is -1.19. The molecule has 0 unspecified atom stereocenters. The summed E-state index contributed by atoms with van der Waals surface area (Å²) in [6, 6.07) is 0. The van der Waals surface area contributed by atoms with Crippen LogP contribution in [0.4, 0.5) is 0 Å². The number of amidine groups is 1. The average molecular weight is 400 g/mol. The maximum absolute atomic E-state index is 12.5. The predicted molar refractivity (Wildman–Crippen MR) is 120 cm³/mol. The molecule has 1 rings (SSSR count). The van der Waals surface area contributed by atoms with Crippen molar-refractivity contribution in [2.45, 2.75) is 98.2 Å². The number of hydroxylamine groups is 2. The summed E-state index contributed by atoms with van der Waals surface area (Å²) in [6.07, 6.45) is 11.6. The summed E-state index contributed by atoms with van der Waals surface area (Å²) in [6.45, 7) is 16.0. The second-order valence-electron chi connectivity index (χ2n) is 8.96. The minimum atomic E-state index is -1.21. The van der Waals surface area contributed by atoms with Gasteiger partial charge in [0.25, 0.3) is 0 Å². The Balaban J connectivity index is 2.88. The van der Waals surface area contributed by atoms with Crippen LogP contribution >= 0.6 is 7.05 Å². The molecule has 5 nitrogen and oxygen atoms in total. The molecule has 1 saturated heterocycles. The molecule has 1 fully saturated rings. The first-order chi connectivity index (χ1) is 12.6. The Hall–Kier alpha value is -0.380. The van der Waals surface area contributed by atoms with E-state index < -0.39 is 18.3 Å². The molecular formula is C21H44N4OP. The molecule has 1 aliphatic rings. The lowest BCUT2D eigenvalue weighted by atomic mass is 10.1. The molecule has 1 N–H and O–H groups in total. The molecular weight excluding hydrogens is 355 g/mol. The molecule has 159 valence electrons. The largest absolute Gasteiger partial charge is 0.353 e. The van der Waals surface area contributed by atoms with Crippen molar-refractivity contribution in [2.75, 3.05) is 31.6 Å². The van der Waals surface area contributed by atoms with Gasteiger partial charge in [0.05, 0.1) is 13.1 Å². The van der Waals surface area contributed by atoms with Gasteiger partial charge in [-0.25, -0.2) is 0 Å². The number of hydrogen-bond donors (Lipinski definition) is 1. The molecule has 27 heavy (non-hydrogen) atoms. The lowest BCUT2D eigenvalue weighted by Crippen LogP contribution is -2.48. The second-order valence-corrected chi connectivity index (χ2v) is 12.8. The fraction of sp³-hybridized carbons (Fsp3) is 0.952. The third-order valence-electron chi connectivity index (χ3n) is 5.57. The van der Waals surface area contributed by atoms with E-state index in [1.807, 2.05) is 27.7 Å². The Morgan fingerprint density at radius 3 is 1.74 bits per heavy atom. The van der Waals surface area contributed by atoms with Crippen LogP contribution in [0.5, 0.6) is 0 Å². The number of unbranched alkanes of at least 4 members (excludes halogenated alkanes) is 3. The lowest BCUT2D eigenvalue weighted by Gasteiger charge is -2.28. The van der Waals surface area contributed by atoms with Crippen LogP contribution in [0.3, 0.4) is 0 Å². The van der Waals surface area contributed by atoms with Crippen LogP contribution in [0.25, 0.3) is 0 Å². The van der Waals surface area contributed by atoms with Gasteiger partial charge < -0.3 is 10.1 Å². The monoisotopic (exact) mass is 399 g/mol. The summed E-state index contributed by atoms with van der Waals surface area (Å²) >= 11 is 0. The van der Waals surface area contributed by atoms with E-state index >= 15 is 0 Å². The van der Waals surface area contributed by atoms with Gasteiger partial charge in [0.1, 0.15) is 17.0 Å². The van der Waals surface area contributed by atoms with Crippen LogP contribution in [-0.2, 0) is 5.21 Å². The highest BCUT2D eigenvalue weighted by atomic mass is 31.2. The number of nitrogens with zero attached hydrogens (tertiary/aromatic N) is 3. The van der Waals surface area contributed by atoms with Crippen molar-refractivity contribution >= 4 is 12.9 Å². The molecule has 0 aromatic carbocycles. The van der Waals surface area contributed by atoms with E-state index in [-0.39, 0.29) is 0 Å². The fourth-order valence-electron chi connectivity index (χ4n) is 3.84. The predicted octanol–water partition coefficient (Wildman–Crippen LogP) is 5.75. The molecule has 0 atom stereocenters. The van der Waals surface area contributed by atoms with E-state index in [0.717, 1.165) is 17.4 Å². The van der Waals surface area contributed by atoms with Crippen molar-refractivity contribution < 1.29 is 5.21 Å². The fourth-order valence-corrected chi connectivity index (χ4v) is 8.17. The average Bonchev–Trinajstić information content (AvgIpc) is 2.78. The number of hydrogen-bond acceptors (Lipinski definition) is 3. The van der Waals surface area contributed by atoms with Crippen LogP contribution in [0.15, 0.2) is 9.74 Å². The Labute approximate surface area is 168 Å². The molecule has 1 heterocycles. The molecule has 0 aromatic rings. The zero-order valence-electron chi connectivity index (χ0n) is 19.0. The Morgan fingerprint density at radius 1 is 0.889 bits per heavy atom. The minimum Gasteiger partial charge on any atom is -0.353 e. The van der Waals surface area contributed by atoms with E-state index in [9.17, 15) is 5.21 Å². The summed E-state index contributed by atoms with van der Waals surface area (Å²) in [5.74, 6) is 0.803. The Bertz CT molecular complexity index is 500. The summed E-state index contributed by atoms with van der Waals surface area (Å²) in [4.78, 5) is 4.75. The summed E-state index contributed by atoms with van der Waals surface area (Å²) < 4.78 is 5.32. The van der Waals surface area contributed by atoms with Crippen molar-refractivity contribution in [1.82, 2.24) is 10.4 Å². The number of aliphatic imine (C=N–C) groups is 1. The van der Waals surface area contributed by atoms with E-state index in [1.165, 1.54) is 57.0 Å². The third-order valence-corrected chi connectivity index (χ3v) is 9.82. The van der Waals surface area contributed by atoms with Crippen LogP contribution in [-0.4, -0.2) is 53.7 Å². The van der Waals surface area contributed by atoms with Crippen molar-refractivity contribution in [2.24, 2.45) is 9.74 Å². The standard InChI is InChI=1S/C21H44N4OP/c1-8-11-16-27(17-12-9-2,18-13-10-3)23-15-14-22-19-20(4,5)25(26)21(6,7)24-19/h8-18H2,1-7H3,(H,22,24). The molecule has 0 spiro atoms. The first-order valence-corrected chi connectivity index (χ1v) is 13.3. The molecule has 0 bridgehead atoms. The van der Waals surface area contributed by atoms with Crippen LogP contribution < -0.4 is 5.32 Å². The Kier molecular flexibility index (Phi) is 10.0. The van der Waals surface area contributed by atoms with Gasteiger partial charge in [0, 0.05) is 0 Å². The summed E-state index contributed by atoms with van der Waals surface area (Å²) in [5, 5.41) is 16.9. The van der Waals surface area contributed by atoms with Crippen LogP contribution in [0.2, 0.25) is 0 Å². The second kappa shape index (κ2) is 11.0. The normalized spacial score (nSPS) is 20.8. The van der Waals surface area contributed by atoms with Gasteiger partial charge in [-0.1, -0.05) is 40.0 Å². The zero-order valence-corrected chi connectivity index (χ0v) is 19.9. The molecule has 0 saturated carbocycles. The maximum atomic E-state index is 12.5. The van der Waals surface area contributed by atoms with Crippen LogP contribution in [0.1, 0.15) is 87.0 Å². The molecule has 0 amide bonds. The highest BCUT2D eigenvalue weighted by Crippen LogP contribution is 2.52. The smallest absolute Gasteiger partial charge is 0.121 e. The van der Waals surface area contributed by atoms with Crippen molar-refractivity contribution in [3.63, 3.8) is 0 Å². The quantitative estimate of drug-likeness (QED) is 0.335. The van der Waals surface area contributed by atoms with Crippen molar-refractivity contribution in [3.05, 3.63) is 0 Å².